The van der Waals surface area contributed by atoms with Gasteiger partial charge in [-0.05, 0) is 172 Å². The molecular weight excluding hydrogens is 1050 g/mol. The Morgan fingerprint density at radius 3 is 1.60 bits per heavy atom. The molecule has 9 heterocycles. The van der Waals surface area contributed by atoms with Crippen molar-refractivity contribution in [2.24, 2.45) is 0 Å². The highest BCUT2D eigenvalue weighted by Gasteiger charge is 2.14. The molecule has 0 unspecified atom stereocenters. The minimum Gasteiger partial charge on any atom is -0.454 e. The summed E-state index contributed by atoms with van der Waals surface area (Å²) >= 11 is 0. The number of fused-ring (bicyclic) bond motifs is 6. The van der Waals surface area contributed by atoms with Gasteiger partial charge in [-0.25, -0.2) is 9.50 Å². The van der Waals surface area contributed by atoms with Crippen molar-refractivity contribution in [2.75, 3.05) is 6.79 Å². The molecule has 438 valence electrons. The van der Waals surface area contributed by atoms with Crippen LogP contribution in [-0.4, -0.2) is 56.3 Å². The summed E-state index contributed by atoms with van der Waals surface area (Å²) in [6.45, 7) is 30.8. The standard InChI is InChI=1S/2C12H13N.2C11H12N2.C10H12O2.C9H11N3.C8H11N/c1-9(2)10-5-6-12-11(8-10)4-3-7-13-12;1-9(2)10-7-8-13-12-6-4-3-5-11(10)12;1-8(2)9-3-4-10-11(7-9)13-6-5-12-10;1-8(2)9-5-6-10-11(13-9)4-3-7-12-10;1-7(2)8-3-4-9-10(5-8)12-6-11-9;1-7(2)8-3-4-9-10-6-11-12(9)5-8;1-7(2)8-3-5-9-6-4-8/h2*3-9H,1-2H3;2*3-8H,1-2H3;3-5,7H,6H2,1-2H3;3-7H,1-2H3;3-7H,1-2H3. The minimum atomic E-state index is 0.358. The molecule has 1 aliphatic rings. The minimum absolute atomic E-state index is 0.358. The number of para-hydroxylation sites is 1. The molecule has 0 spiro atoms. The average molecular weight is 1130 g/mol. The first-order chi connectivity index (χ1) is 40.9. The molecule has 0 fully saturated rings. The van der Waals surface area contributed by atoms with Crippen LogP contribution >= 0.6 is 0 Å². The highest BCUT2D eigenvalue weighted by Crippen LogP contribution is 2.34. The molecule has 0 atom stereocenters. The molecule has 0 aliphatic carbocycles. The Morgan fingerprint density at radius 2 is 0.918 bits per heavy atom. The third-order valence-corrected chi connectivity index (χ3v) is 14.2. The average Bonchev–Trinajstić information content (AvgIpc) is 4.39. The number of benzene rings is 4. The highest BCUT2D eigenvalue weighted by molar-refractivity contribution is 5.82. The van der Waals surface area contributed by atoms with E-state index in [0.717, 1.165) is 55.9 Å². The predicted molar refractivity (Wildman–Crippen MR) is 351 cm³/mol. The van der Waals surface area contributed by atoms with E-state index in [4.69, 9.17) is 9.47 Å². The summed E-state index contributed by atoms with van der Waals surface area (Å²) in [4.78, 5) is 33.8. The van der Waals surface area contributed by atoms with Crippen molar-refractivity contribution >= 4 is 49.5 Å². The van der Waals surface area contributed by atoms with E-state index in [1.165, 1.54) is 44.2 Å². The number of hydrogen-bond donors (Lipinski definition) is 0. The molecule has 4 aromatic carbocycles. The zero-order valence-corrected chi connectivity index (χ0v) is 52.1. The van der Waals surface area contributed by atoms with Gasteiger partial charge in [-0.15, -0.1) is 0 Å². The molecule has 8 aromatic heterocycles. The number of nitrogens with zero attached hydrogens (tertiary/aromatic N) is 10. The first-order valence-electron chi connectivity index (χ1n) is 29.6. The van der Waals surface area contributed by atoms with E-state index in [1.807, 2.05) is 104 Å². The van der Waals surface area contributed by atoms with Gasteiger partial charge in [0.1, 0.15) is 6.33 Å². The van der Waals surface area contributed by atoms with E-state index in [2.05, 4.69) is 215 Å². The van der Waals surface area contributed by atoms with E-state index < -0.39 is 0 Å². The van der Waals surface area contributed by atoms with Crippen molar-refractivity contribution in [1.29, 1.82) is 0 Å². The molecule has 0 N–H and O–H groups in total. The molecule has 0 saturated carbocycles. The van der Waals surface area contributed by atoms with Crippen LogP contribution in [0.3, 0.4) is 0 Å². The zero-order chi connectivity index (χ0) is 60.8. The van der Waals surface area contributed by atoms with E-state index in [9.17, 15) is 0 Å². The number of ether oxygens (including phenoxy) is 2. The number of hydrogen-bond acceptors (Lipinski definition) is 11. The molecule has 0 radical (unpaired) electrons. The van der Waals surface area contributed by atoms with Crippen molar-refractivity contribution < 1.29 is 9.47 Å². The van der Waals surface area contributed by atoms with Crippen molar-refractivity contribution in [3.05, 3.63) is 241 Å². The molecule has 12 nitrogen and oxygen atoms in total. The Labute approximate surface area is 503 Å². The second kappa shape index (κ2) is 31.6. The Hall–Kier alpha value is -9.03. The van der Waals surface area contributed by atoms with Crippen LogP contribution in [-0.2, 0) is 0 Å². The summed E-state index contributed by atoms with van der Waals surface area (Å²) in [5.41, 5.74) is 16.1. The molecule has 0 amide bonds. The maximum absolute atomic E-state index is 5.27. The van der Waals surface area contributed by atoms with Gasteiger partial charge in [0, 0.05) is 66.0 Å². The fraction of sp³-hybridized carbons (Fsp3) is 0.301. The lowest BCUT2D eigenvalue weighted by atomic mass is 9.99. The quantitative estimate of drug-likeness (QED) is 0.151. The van der Waals surface area contributed by atoms with Gasteiger partial charge in [-0.2, -0.15) is 5.10 Å². The maximum Gasteiger partial charge on any atom is 0.231 e. The number of pyridine rings is 6. The fourth-order valence-corrected chi connectivity index (χ4v) is 8.90. The molecule has 12 aromatic rings. The third kappa shape index (κ3) is 18.7. The van der Waals surface area contributed by atoms with Gasteiger partial charge in [0.25, 0.3) is 0 Å². The van der Waals surface area contributed by atoms with Gasteiger partial charge in [0.2, 0.25) is 6.79 Å². The summed E-state index contributed by atoms with van der Waals surface area (Å²) in [7, 11) is 0. The predicted octanol–water partition coefficient (Wildman–Crippen LogP) is 18.8. The molecular formula is C73H84N10O2. The van der Waals surface area contributed by atoms with Crippen LogP contribution in [0.5, 0.6) is 11.5 Å². The van der Waals surface area contributed by atoms with Crippen molar-refractivity contribution in [1.82, 2.24) is 49.5 Å². The summed E-state index contributed by atoms with van der Waals surface area (Å²) in [5, 5.41) is 6.58. The highest BCUT2D eigenvalue weighted by atomic mass is 16.7. The van der Waals surface area contributed by atoms with E-state index in [1.54, 1.807) is 29.4 Å². The largest absolute Gasteiger partial charge is 0.454 e. The Kier molecular flexibility index (Phi) is 23.6. The van der Waals surface area contributed by atoms with Crippen LogP contribution in [0.4, 0.5) is 0 Å². The van der Waals surface area contributed by atoms with Gasteiger partial charge < -0.3 is 9.47 Å². The van der Waals surface area contributed by atoms with Crippen LogP contribution < -0.4 is 9.47 Å². The van der Waals surface area contributed by atoms with Crippen LogP contribution in [0, 0.1) is 0 Å². The van der Waals surface area contributed by atoms with Gasteiger partial charge >= 0.3 is 0 Å². The van der Waals surface area contributed by atoms with E-state index in [-0.39, 0.29) is 0 Å². The summed E-state index contributed by atoms with van der Waals surface area (Å²) in [6.07, 6.45) is 16.2. The van der Waals surface area contributed by atoms with Crippen molar-refractivity contribution in [3.8, 4) is 11.5 Å². The van der Waals surface area contributed by atoms with Gasteiger partial charge in [-0.3, -0.25) is 34.9 Å². The van der Waals surface area contributed by atoms with Gasteiger partial charge in [0.05, 0.1) is 33.1 Å². The molecule has 1 aliphatic heterocycles. The van der Waals surface area contributed by atoms with Gasteiger partial charge in [-0.1, -0.05) is 145 Å². The van der Waals surface area contributed by atoms with Crippen LogP contribution in [0.2, 0.25) is 0 Å². The summed E-state index contributed by atoms with van der Waals surface area (Å²) in [5.74, 6) is 5.61. The maximum atomic E-state index is 5.27. The SMILES string of the molecule is CC(C)c1ccc2c(c1)OCO2.CC(C)c1ccc2ncccc2c1.CC(C)c1ccc2ncccc2n1.CC(C)c1ccc2nccnc2c1.CC(C)c1ccc2ncnn2c1.CC(C)c1ccnc2ccccc12.CC(C)c1ccncc1. The smallest absolute Gasteiger partial charge is 0.231 e. The Morgan fingerprint density at radius 1 is 0.365 bits per heavy atom. The monoisotopic (exact) mass is 1130 g/mol. The molecule has 12 heteroatoms. The van der Waals surface area contributed by atoms with Crippen molar-refractivity contribution in [3.63, 3.8) is 0 Å². The Bertz CT molecular complexity index is 3760. The lowest BCUT2D eigenvalue weighted by molar-refractivity contribution is 0.174. The summed E-state index contributed by atoms with van der Waals surface area (Å²) in [6, 6.07) is 49.4. The van der Waals surface area contributed by atoms with Crippen molar-refractivity contribution in [2.45, 2.75) is 138 Å². The lowest BCUT2D eigenvalue weighted by Gasteiger charge is -2.08. The van der Waals surface area contributed by atoms with Crippen LogP contribution in [0.1, 0.15) is 177 Å². The molecule has 13 rings (SSSR count). The summed E-state index contributed by atoms with van der Waals surface area (Å²) < 4.78 is 12.3. The first kappa shape index (κ1) is 63.5. The fourth-order valence-electron chi connectivity index (χ4n) is 8.90. The van der Waals surface area contributed by atoms with E-state index in [0.29, 0.717) is 48.2 Å². The zero-order valence-electron chi connectivity index (χ0n) is 52.1. The first-order valence-corrected chi connectivity index (χ1v) is 29.6. The molecule has 85 heavy (non-hydrogen) atoms. The lowest BCUT2D eigenvalue weighted by Crippen LogP contribution is -1.93. The van der Waals surface area contributed by atoms with E-state index >= 15 is 0 Å². The topological polar surface area (TPSA) is 139 Å². The number of aromatic nitrogens is 10. The second-order valence-corrected chi connectivity index (χ2v) is 23.0. The van der Waals surface area contributed by atoms with Gasteiger partial charge in [0.15, 0.2) is 17.1 Å². The van der Waals surface area contributed by atoms with Crippen LogP contribution in [0.15, 0.2) is 201 Å². The number of rotatable bonds is 7. The molecule has 0 bridgehead atoms. The van der Waals surface area contributed by atoms with Crippen LogP contribution in [0.25, 0.3) is 49.5 Å². The molecule has 0 saturated heterocycles. The normalized spacial score (nSPS) is 11.4. The third-order valence-electron chi connectivity index (χ3n) is 14.2. The Balaban J connectivity index is 0.000000142. The second-order valence-electron chi connectivity index (χ2n) is 23.0.